The largest absolute Gasteiger partial charge is 0.344 e. The topological polar surface area (TPSA) is 185 Å². The number of nitrogens with zero attached hydrogens (tertiary/aromatic N) is 5. The fourth-order valence-corrected chi connectivity index (χ4v) is 8.22. The molecule has 2 unspecified atom stereocenters. The van der Waals surface area contributed by atoms with Crippen molar-refractivity contribution < 1.29 is 28.8 Å². The second kappa shape index (κ2) is 21.1. The number of fused-ring (bicyclic) bond motifs is 1. The van der Waals surface area contributed by atoms with Crippen molar-refractivity contribution in [3.05, 3.63) is 35.9 Å². The van der Waals surface area contributed by atoms with E-state index in [-0.39, 0.29) is 79.7 Å². The van der Waals surface area contributed by atoms with Crippen molar-refractivity contribution in [1.29, 1.82) is 0 Å². The normalized spacial score (nSPS) is 20.1. The first kappa shape index (κ1) is 44.2. The first-order valence-corrected chi connectivity index (χ1v) is 19.7. The van der Waals surface area contributed by atoms with Gasteiger partial charge in [0.1, 0.15) is 11.8 Å². The van der Waals surface area contributed by atoms with Crippen LogP contribution in [0.1, 0.15) is 137 Å². The van der Waals surface area contributed by atoms with Gasteiger partial charge in [-0.15, -0.1) is 10.2 Å². The Hall–Kier alpha value is -4.16. The van der Waals surface area contributed by atoms with Crippen LogP contribution >= 0.6 is 0 Å². The van der Waals surface area contributed by atoms with Crippen LogP contribution in [0.15, 0.2) is 24.5 Å². The molecule has 3 heterocycles. The van der Waals surface area contributed by atoms with Crippen LogP contribution < -0.4 is 5.32 Å². The van der Waals surface area contributed by atoms with E-state index in [4.69, 9.17) is 0 Å². The van der Waals surface area contributed by atoms with Crippen molar-refractivity contribution in [3.63, 3.8) is 0 Å². The van der Waals surface area contributed by atoms with Gasteiger partial charge in [0.15, 0.2) is 17.4 Å². The minimum atomic E-state index is -0.882. The zero-order valence-electron chi connectivity index (χ0n) is 32.4. The lowest BCUT2D eigenvalue weighted by Crippen LogP contribution is -2.56. The third-order valence-electron chi connectivity index (χ3n) is 11.3. The zero-order chi connectivity index (χ0) is 38.7. The number of aryl methyl sites for hydroxylation is 1. The Kier molecular flexibility index (Phi) is 17.3. The smallest absolute Gasteiger partial charge is 0.246 e. The Morgan fingerprint density at radius 2 is 1.67 bits per heavy atom. The van der Waals surface area contributed by atoms with Gasteiger partial charge in [-0.2, -0.15) is 5.21 Å². The molecule has 2 fully saturated rings. The number of carbonyl (C=O) groups is 6. The highest BCUT2D eigenvalue weighted by Gasteiger charge is 2.51. The summed E-state index contributed by atoms with van der Waals surface area (Å²) in [6, 6.07) is 2.07. The van der Waals surface area contributed by atoms with Crippen molar-refractivity contribution in [2.45, 2.75) is 144 Å². The Morgan fingerprint density at radius 3 is 2.30 bits per heavy atom. The number of tetrazole rings is 1. The molecule has 2 aromatic heterocycles. The molecule has 13 heteroatoms. The second-order valence-electron chi connectivity index (χ2n) is 16.0. The van der Waals surface area contributed by atoms with Gasteiger partial charge in [-0.3, -0.25) is 33.8 Å². The molecule has 54 heavy (non-hydrogen) atoms. The monoisotopic (exact) mass is 749 g/mol. The van der Waals surface area contributed by atoms with E-state index >= 15 is 0 Å². The minimum absolute atomic E-state index is 0. The average molecular weight is 750 g/mol. The zero-order valence-corrected chi connectivity index (χ0v) is 32.4. The third kappa shape index (κ3) is 11.7. The number of rotatable bonds is 22. The minimum Gasteiger partial charge on any atom is -0.344 e. The number of pyridine rings is 1. The van der Waals surface area contributed by atoms with Crippen LogP contribution in [0.4, 0.5) is 0 Å². The highest BCUT2D eigenvalue weighted by Crippen LogP contribution is 2.43. The molecule has 1 saturated heterocycles. The summed E-state index contributed by atoms with van der Waals surface area (Å²) < 4.78 is 0. The van der Waals surface area contributed by atoms with Crippen LogP contribution in [-0.4, -0.2) is 84.1 Å². The summed E-state index contributed by atoms with van der Waals surface area (Å²) in [6.45, 7) is 11.8. The summed E-state index contributed by atoms with van der Waals surface area (Å²) in [4.78, 5) is 87.9. The molecular formula is C41H63N7O6. The summed E-state index contributed by atoms with van der Waals surface area (Å²) in [7, 11) is 0. The molecule has 0 bridgehead atoms. The maximum atomic E-state index is 14.4. The van der Waals surface area contributed by atoms with Crippen LogP contribution in [0.25, 0.3) is 0 Å². The number of ketones is 4. The fourth-order valence-electron chi connectivity index (χ4n) is 8.22. The lowest BCUT2D eigenvalue weighted by molar-refractivity contribution is -0.145. The van der Waals surface area contributed by atoms with Crippen LogP contribution in [0, 0.1) is 35.5 Å². The first-order chi connectivity index (χ1) is 25.3. The van der Waals surface area contributed by atoms with Crippen molar-refractivity contribution in [3.8, 4) is 0 Å². The van der Waals surface area contributed by atoms with Gasteiger partial charge in [0, 0.05) is 62.9 Å². The van der Waals surface area contributed by atoms with Crippen molar-refractivity contribution in [1.82, 2.24) is 35.8 Å². The Labute approximate surface area is 321 Å². The number of Topliss-reactive ketones (excluding diaryl/α,β-unsaturated/α-hetero) is 4. The van der Waals surface area contributed by atoms with Crippen molar-refractivity contribution in [2.24, 2.45) is 35.5 Å². The standard InChI is InChI=1S/C40H59N7O6.CH4/c1-7-11-28(38(51)34(50)20-26(6)27-16-18-41-19-17-27)21-33(49)37-31-14-10-12-29(31)23-47(37)40(53)36(25(4)5)42-39(52)32(24(2)3)22-30(48)13-8-9-15-35-43-45-46-44-35;/h16-19,24-26,28-29,31-32,36-37H,7-15,20-23H2,1-6H3,(H,42,52)(H,43,44,45,46);1H4/t26-,28?,29-,31-,32+,36-,37?;/m0./s1. The van der Waals surface area contributed by atoms with Crippen LogP contribution in [-0.2, 0) is 35.2 Å². The molecule has 2 aromatic rings. The predicted octanol–water partition coefficient (Wildman–Crippen LogP) is 5.65. The summed E-state index contributed by atoms with van der Waals surface area (Å²) in [6.07, 6.45) is 9.39. The summed E-state index contributed by atoms with van der Waals surface area (Å²) in [5.41, 5.74) is 0.919. The van der Waals surface area contributed by atoms with E-state index in [1.165, 1.54) is 0 Å². The number of hydrogen-bond acceptors (Lipinski definition) is 10. The predicted molar refractivity (Wildman–Crippen MR) is 205 cm³/mol. The van der Waals surface area contributed by atoms with Gasteiger partial charge in [-0.25, -0.2) is 0 Å². The number of aromatic nitrogens is 5. The molecule has 1 aliphatic carbocycles. The maximum Gasteiger partial charge on any atom is 0.246 e. The fraction of sp³-hybridized carbons (Fsp3) is 0.707. The molecule has 298 valence electrons. The first-order valence-electron chi connectivity index (χ1n) is 19.7. The number of H-pyrrole nitrogens is 1. The quantitative estimate of drug-likeness (QED) is 0.113. The van der Waals surface area contributed by atoms with E-state index in [0.717, 1.165) is 31.2 Å². The lowest BCUT2D eigenvalue weighted by atomic mass is 9.83. The highest BCUT2D eigenvalue weighted by atomic mass is 16.2. The van der Waals surface area contributed by atoms with Gasteiger partial charge in [0.05, 0.1) is 6.04 Å². The van der Waals surface area contributed by atoms with E-state index in [2.05, 4.69) is 30.9 Å². The van der Waals surface area contributed by atoms with E-state index < -0.39 is 35.5 Å². The van der Waals surface area contributed by atoms with Crippen LogP contribution in [0.5, 0.6) is 0 Å². The van der Waals surface area contributed by atoms with Gasteiger partial charge < -0.3 is 10.2 Å². The summed E-state index contributed by atoms with van der Waals surface area (Å²) in [5, 5.41) is 16.8. The summed E-state index contributed by atoms with van der Waals surface area (Å²) in [5.74, 6) is -3.04. The molecule has 1 aliphatic heterocycles. The molecule has 1 saturated carbocycles. The average Bonchev–Trinajstić information content (AvgIpc) is 3.89. The molecule has 0 radical (unpaired) electrons. The SMILES string of the molecule is C.CCCC(CC(=O)C1[C@H]2CCC[C@H]2CN1C(=O)[C@@H](NC(=O)[C@H](CC(=O)CCCCc1nn[nH]n1)C(C)C)C(C)C)C(=O)C(=O)C[C@H](C)c1ccncc1. The van der Waals surface area contributed by atoms with Crippen molar-refractivity contribution >= 4 is 34.9 Å². The molecular weight excluding hydrogens is 686 g/mol. The molecule has 7 atom stereocenters. The van der Waals surface area contributed by atoms with Crippen LogP contribution in [0.3, 0.4) is 0 Å². The van der Waals surface area contributed by atoms with E-state index in [0.29, 0.717) is 44.5 Å². The van der Waals surface area contributed by atoms with Gasteiger partial charge in [0.2, 0.25) is 17.6 Å². The van der Waals surface area contributed by atoms with Crippen molar-refractivity contribution in [2.75, 3.05) is 6.54 Å². The maximum absolute atomic E-state index is 14.4. The van der Waals surface area contributed by atoms with E-state index in [1.54, 1.807) is 17.3 Å². The van der Waals surface area contributed by atoms with E-state index in [9.17, 15) is 28.8 Å². The number of hydrogen-bond donors (Lipinski definition) is 2. The van der Waals surface area contributed by atoms with Gasteiger partial charge in [-0.1, -0.05) is 67.0 Å². The molecule has 0 aromatic carbocycles. The number of nitrogens with one attached hydrogen (secondary N) is 2. The van der Waals surface area contributed by atoms with Crippen LogP contribution in [0.2, 0.25) is 0 Å². The second-order valence-corrected chi connectivity index (χ2v) is 16.0. The molecule has 13 nitrogen and oxygen atoms in total. The molecule has 4 rings (SSSR count). The van der Waals surface area contributed by atoms with Gasteiger partial charge in [-0.05, 0) is 79.4 Å². The number of amides is 2. The van der Waals surface area contributed by atoms with Gasteiger partial charge >= 0.3 is 0 Å². The Bertz CT molecular complexity index is 1550. The molecule has 0 spiro atoms. The molecule has 2 aliphatic rings. The lowest BCUT2D eigenvalue weighted by Gasteiger charge is -2.33. The number of unbranched alkanes of at least 4 members (excludes halogenated alkanes) is 1. The third-order valence-corrected chi connectivity index (χ3v) is 11.3. The number of aromatic amines is 1. The molecule has 2 amide bonds. The molecule has 2 N–H and O–H groups in total. The van der Waals surface area contributed by atoms with E-state index in [1.807, 2.05) is 53.7 Å². The Balaban J connectivity index is 0.00000784. The Morgan fingerprint density at radius 1 is 0.944 bits per heavy atom. The highest BCUT2D eigenvalue weighted by molar-refractivity contribution is 6.38. The van der Waals surface area contributed by atoms with Gasteiger partial charge in [0.25, 0.3) is 0 Å². The number of likely N-dealkylation sites (tertiary alicyclic amines) is 1. The summed E-state index contributed by atoms with van der Waals surface area (Å²) >= 11 is 0. The number of carbonyl (C=O) groups excluding carboxylic acids is 6.